The highest BCUT2D eigenvalue weighted by molar-refractivity contribution is 7.07. The third kappa shape index (κ3) is 4.93. The number of thiazole rings is 1. The Morgan fingerprint density at radius 3 is 2.66 bits per heavy atom. The van der Waals surface area contributed by atoms with Gasteiger partial charge in [0.2, 0.25) is 0 Å². The van der Waals surface area contributed by atoms with Gasteiger partial charge in [0.25, 0.3) is 11.5 Å². The van der Waals surface area contributed by atoms with Crippen LogP contribution in [0.25, 0.3) is 17.3 Å². The van der Waals surface area contributed by atoms with Crippen LogP contribution in [0.1, 0.15) is 25.3 Å². The number of aromatic nitrogens is 1. The maximum Gasteiger partial charge on any atom is 0.273 e. The van der Waals surface area contributed by atoms with E-state index >= 15 is 0 Å². The first-order valence-electron chi connectivity index (χ1n) is 10.1. The van der Waals surface area contributed by atoms with Crippen molar-refractivity contribution in [3.05, 3.63) is 78.7 Å². The van der Waals surface area contributed by atoms with Crippen LogP contribution in [0.3, 0.4) is 0 Å². The highest BCUT2D eigenvalue weighted by atomic mass is 35.5. The maximum atomic E-state index is 13.5. The first kappa shape index (κ1) is 23.3. The minimum atomic E-state index is -0.518. The maximum absolute atomic E-state index is 13.5. The van der Waals surface area contributed by atoms with Crippen LogP contribution in [-0.2, 0) is 4.79 Å². The minimum absolute atomic E-state index is 0.132. The molecule has 0 radical (unpaired) electrons. The smallest absolute Gasteiger partial charge is 0.273 e. The molecule has 164 valence electrons. The molecule has 0 saturated heterocycles. The number of hydrogen-bond donors (Lipinski definition) is 1. The number of carbonyl (C=O) groups is 1. The van der Waals surface area contributed by atoms with Gasteiger partial charge in [-0.3, -0.25) is 14.2 Å². The summed E-state index contributed by atoms with van der Waals surface area (Å²) in [5.41, 5.74) is 0.604. The second-order valence-electron chi connectivity index (χ2n) is 6.85. The number of hydrogen-bond acceptors (Lipinski definition) is 5. The molecule has 0 atom stereocenters. The van der Waals surface area contributed by atoms with Crippen molar-refractivity contribution in [2.75, 3.05) is 13.7 Å². The number of halogens is 1. The predicted octanol–water partition coefficient (Wildman–Crippen LogP) is 2.98. The van der Waals surface area contributed by atoms with Crippen molar-refractivity contribution < 1.29 is 9.53 Å². The van der Waals surface area contributed by atoms with E-state index in [4.69, 9.17) is 16.3 Å². The fourth-order valence-electron chi connectivity index (χ4n) is 3.08. The number of nitrogens with zero attached hydrogens (tertiary/aromatic N) is 2. The van der Waals surface area contributed by atoms with Gasteiger partial charge in [-0.05, 0) is 36.3 Å². The highest BCUT2D eigenvalue weighted by Crippen LogP contribution is 2.20. The average molecular weight is 468 g/mol. The fourth-order valence-corrected chi connectivity index (χ4v) is 4.36. The summed E-state index contributed by atoms with van der Waals surface area (Å²) in [7, 11) is 1.50. The summed E-state index contributed by atoms with van der Waals surface area (Å²) in [5.74, 6) is -0.0724. The Labute approximate surface area is 194 Å². The second-order valence-corrected chi connectivity index (χ2v) is 8.28. The van der Waals surface area contributed by atoms with E-state index in [1.165, 1.54) is 11.7 Å². The van der Waals surface area contributed by atoms with Gasteiger partial charge in [0.15, 0.2) is 5.57 Å². The summed E-state index contributed by atoms with van der Waals surface area (Å²) in [5, 5.41) is 13.1. The predicted molar refractivity (Wildman–Crippen MR) is 128 cm³/mol. The summed E-state index contributed by atoms with van der Waals surface area (Å²) >= 11 is 7.34. The molecule has 1 amide bonds. The second kappa shape index (κ2) is 10.8. The van der Waals surface area contributed by atoms with Crippen molar-refractivity contribution in [2.45, 2.75) is 19.8 Å². The molecule has 1 N–H and O–H groups in total. The van der Waals surface area contributed by atoms with Gasteiger partial charge in [0, 0.05) is 11.6 Å². The van der Waals surface area contributed by atoms with Crippen LogP contribution in [0.5, 0.6) is 5.75 Å². The Morgan fingerprint density at radius 1 is 1.25 bits per heavy atom. The molecule has 0 aliphatic carbocycles. The van der Waals surface area contributed by atoms with E-state index in [0.29, 0.717) is 33.1 Å². The van der Waals surface area contributed by atoms with Crippen LogP contribution < -0.4 is 24.8 Å². The zero-order valence-electron chi connectivity index (χ0n) is 17.7. The van der Waals surface area contributed by atoms with E-state index in [1.54, 1.807) is 48.5 Å². The molecule has 3 aromatic rings. The Kier molecular flexibility index (Phi) is 7.87. The molecule has 8 heteroatoms. The van der Waals surface area contributed by atoms with E-state index in [2.05, 4.69) is 5.32 Å². The van der Waals surface area contributed by atoms with E-state index in [0.717, 1.165) is 24.2 Å². The SMILES string of the molecule is CCCCNC(=O)/C(C#N)=c1\s/c(=C\c2ccccc2Cl)c(=O)n1-c1ccccc1OC. The summed E-state index contributed by atoms with van der Waals surface area (Å²) in [6.45, 7) is 2.46. The number of carbonyl (C=O) groups excluding carboxylic acids is 1. The van der Waals surface area contributed by atoms with Crippen LogP contribution >= 0.6 is 22.9 Å². The van der Waals surface area contributed by atoms with Crippen LogP contribution in [-0.4, -0.2) is 24.1 Å². The summed E-state index contributed by atoms with van der Waals surface area (Å²) in [6.07, 6.45) is 3.36. The number of nitrogens with one attached hydrogen (secondary N) is 1. The molecule has 0 saturated carbocycles. The van der Waals surface area contributed by atoms with Gasteiger partial charge in [-0.2, -0.15) is 5.26 Å². The number of para-hydroxylation sites is 2. The molecule has 0 bridgehead atoms. The fraction of sp³-hybridized carbons (Fsp3) is 0.208. The number of rotatable bonds is 7. The number of ether oxygens (including phenoxy) is 1. The summed E-state index contributed by atoms with van der Waals surface area (Å²) in [6, 6.07) is 16.1. The molecule has 32 heavy (non-hydrogen) atoms. The standard InChI is InChI=1S/C24H22ClN3O3S/c1-3-4-13-27-22(29)17(15-26)24-28(19-11-7-8-12-20(19)31-2)23(30)21(32-24)14-16-9-5-6-10-18(16)25/h5-12,14H,3-4,13H2,1-2H3,(H,27,29)/b21-14-,24-17-. The Morgan fingerprint density at radius 2 is 1.97 bits per heavy atom. The van der Waals surface area contributed by atoms with Gasteiger partial charge in [0.05, 0.1) is 17.3 Å². The zero-order chi connectivity index (χ0) is 23.1. The molecular formula is C24H22ClN3O3S. The molecule has 1 aromatic heterocycles. The molecule has 1 heterocycles. The summed E-state index contributed by atoms with van der Waals surface area (Å²) < 4.78 is 7.35. The topological polar surface area (TPSA) is 84.1 Å². The molecule has 3 rings (SSSR count). The van der Waals surface area contributed by atoms with Gasteiger partial charge in [-0.15, -0.1) is 11.3 Å². The largest absolute Gasteiger partial charge is 0.495 e. The molecule has 2 aromatic carbocycles. The number of nitriles is 1. The first-order valence-corrected chi connectivity index (χ1v) is 11.2. The van der Waals surface area contributed by atoms with Crippen LogP contribution in [0.15, 0.2) is 53.3 Å². The lowest BCUT2D eigenvalue weighted by Crippen LogP contribution is -2.34. The lowest BCUT2D eigenvalue weighted by Gasteiger charge is -2.09. The van der Waals surface area contributed by atoms with E-state index in [-0.39, 0.29) is 15.8 Å². The van der Waals surface area contributed by atoms with Gasteiger partial charge in [0.1, 0.15) is 16.5 Å². The van der Waals surface area contributed by atoms with Crippen molar-refractivity contribution >= 4 is 40.5 Å². The van der Waals surface area contributed by atoms with Crippen LogP contribution in [0.2, 0.25) is 5.02 Å². The van der Waals surface area contributed by atoms with E-state index in [1.807, 2.05) is 19.1 Å². The average Bonchev–Trinajstić information content (AvgIpc) is 3.11. The number of benzene rings is 2. The molecule has 0 unspecified atom stereocenters. The Balaban J connectivity index is 2.36. The van der Waals surface area contributed by atoms with Crippen molar-refractivity contribution in [1.82, 2.24) is 9.88 Å². The molecule has 0 fully saturated rings. The summed E-state index contributed by atoms with van der Waals surface area (Å²) in [4.78, 5) is 26.2. The van der Waals surface area contributed by atoms with Crippen molar-refractivity contribution in [3.63, 3.8) is 0 Å². The van der Waals surface area contributed by atoms with E-state index in [9.17, 15) is 14.9 Å². The third-order valence-corrected chi connectivity index (χ3v) is 6.15. The molecular weight excluding hydrogens is 446 g/mol. The third-order valence-electron chi connectivity index (χ3n) is 4.71. The van der Waals surface area contributed by atoms with Gasteiger partial charge in [-0.1, -0.05) is 55.3 Å². The lowest BCUT2D eigenvalue weighted by molar-refractivity contribution is -0.115. The van der Waals surface area contributed by atoms with Crippen molar-refractivity contribution in [3.8, 4) is 17.5 Å². The highest BCUT2D eigenvalue weighted by Gasteiger charge is 2.18. The zero-order valence-corrected chi connectivity index (χ0v) is 19.3. The van der Waals surface area contributed by atoms with Gasteiger partial charge >= 0.3 is 0 Å². The van der Waals surface area contributed by atoms with Crippen molar-refractivity contribution in [1.29, 1.82) is 5.26 Å². The molecule has 0 aliphatic rings. The molecule has 0 spiro atoms. The molecule has 6 nitrogen and oxygen atoms in total. The van der Waals surface area contributed by atoms with Crippen LogP contribution in [0.4, 0.5) is 0 Å². The number of amides is 1. The lowest BCUT2D eigenvalue weighted by atomic mass is 10.2. The Hall–Kier alpha value is -3.34. The Bertz CT molecular complexity index is 1350. The first-order chi connectivity index (χ1) is 15.5. The van der Waals surface area contributed by atoms with Crippen molar-refractivity contribution in [2.24, 2.45) is 0 Å². The normalized spacial score (nSPS) is 12.2. The quantitative estimate of drug-likeness (QED) is 0.541. The number of methoxy groups -OCH3 is 1. The van der Waals surface area contributed by atoms with E-state index < -0.39 is 5.91 Å². The van der Waals surface area contributed by atoms with Gasteiger partial charge < -0.3 is 10.1 Å². The van der Waals surface area contributed by atoms with Crippen LogP contribution in [0, 0.1) is 11.3 Å². The number of unbranched alkanes of at least 4 members (excludes halogenated alkanes) is 1. The monoisotopic (exact) mass is 467 g/mol. The molecule has 0 aliphatic heterocycles. The minimum Gasteiger partial charge on any atom is -0.495 e. The van der Waals surface area contributed by atoms with Gasteiger partial charge in [-0.25, -0.2) is 0 Å².